The summed E-state index contributed by atoms with van der Waals surface area (Å²) in [6.07, 6.45) is 2.59. The van der Waals surface area contributed by atoms with Crippen molar-refractivity contribution in [3.05, 3.63) is 30.1 Å². The number of ketones is 1. The van der Waals surface area contributed by atoms with E-state index in [2.05, 4.69) is 0 Å². The zero-order valence-electron chi connectivity index (χ0n) is 8.83. The normalized spacial score (nSPS) is 10.3. The van der Waals surface area contributed by atoms with Crippen molar-refractivity contribution in [1.82, 2.24) is 0 Å². The van der Waals surface area contributed by atoms with Crippen LogP contribution in [0.2, 0.25) is 0 Å². The molecule has 1 rings (SSSR count). The van der Waals surface area contributed by atoms with Gasteiger partial charge in [-0.1, -0.05) is 6.07 Å². The predicted molar refractivity (Wildman–Crippen MR) is 61.7 cm³/mol. The number of hydrogen-bond acceptors (Lipinski definition) is 2. The third-order valence-corrected chi connectivity index (χ3v) is 3.07. The van der Waals surface area contributed by atoms with Crippen LogP contribution in [0.3, 0.4) is 0 Å². The predicted octanol–water partition coefficient (Wildman–Crippen LogP) is 3.68. The van der Waals surface area contributed by atoms with Crippen molar-refractivity contribution >= 4 is 17.5 Å². The SMILES string of the molecule is CC(=O)CCCCSc1cccc(F)c1. The van der Waals surface area contributed by atoms with E-state index in [0.717, 1.165) is 23.5 Å². The molecule has 1 aromatic rings. The van der Waals surface area contributed by atoms with Crippen LogP contribution in [-0.4, -0.2) is 11.5 Å². The van der Waals surface area contributed by atoms with Crippen molar-refractivity contribution in [2.24, 2.45) is 0 Å². The standard InChI is InChI=1S/C12H15FOS/c1-10(14)5-2-3-8-15-12-7-4-6-11(13)9-12/h4,6-7,9H,2-3,5,8H2,1H3. The van der Waals surface area contributed by atoms with E-state index in [-0.39, 0.29) is 11.6 Å². The van der Waals surface area contributed by atoms with Crippen molar-refractivity contribution in [1.29, 1.82) is 0 Å². The summed E-state index contributed by atoms with van der Waals surface area (Å²) in [5, 5.41) is 0. The molecule has 0 aliphatic carbocycles. The monoisotopic (exact) mass is 226 g/mol. The van der Waals surface area contributed by atoms with Crippen LogP contribution in [-0.2, 0) is 4.79 Å². The van der Waals surface area contributed by atoms with Gasteiger partial charge in [-0.25, -0.2) is 4.39 Å². The molecule has 1 nitrogen and oxygen atoms in total. The summed E-state index contributed by atoms with van der Waals surface area (Å²) in [5.41, 5.74) is 0. The Morgan fingerprint density at radius 2 is 2.20 bits per heavy atom. The maximum absolute atomic E-state index is 12.8. The lowest BCUT2D eigenvalue weighted by Gasteiger charge is -2.00. The molecule has 0 saturated heterocycles. The average molecular weight is 226 g/mol. The fraction of sp³-hybridized carbons (Fsp3) is 0.417. The van der Waals surface area contributed by atoms with Crippen LogP contribution < -0.4 is 0 Å². The zero-order chi connectivity index (χ0) is 11.1. The van der Waals surface area contributed by atoms with Gasteiger partial charge in [-0.2, -0.15) is 0 Å². The summed E-state index contributed by atoms with van der Waals surface area (Å²) in [7, 11) is 0. The molecule has 15 heavy (non-hydrogen) atoms. The summed E-state index contributed by atoms with van der Waals surface area (Å²) in [6.45, 7) is 1.61. The minimum absolute atomic E-state index is 0.191. The van der Waals surface area contributed by atoms with Crippen molar-refractivity contribution in [2.75, 3.05) is 5.75 Å². The molecule has 0 bridgehead atoms. The lowest BCUT2D eigenvalue weighted by atomic mass is 10.2. The average Bonchev–Trinajstić information content (AvgIpc) is 2.17. The van der Waals surface area contributed by atoms with Crippen LogP contribution in [0.1, 0.15) is 26.2 Å². The van der Waals surface area contributed by atoms with Crippen LogP contribution in [0.5, 0.6) is 0 Å². The number of thioether (sulfide) groups is 1. The van der Waals surface area contributed by atoms with E-state index < -0.39 is 0 Å². The number of Topliss-reactive ketones (excluding diaryl/α,β-unsaturated/α-hetero) is 1. The van der Waals surface area contributed by atoms with Crippen LogP contribution in [0.15, 0.2) is 29.2 Å². The first-order valence-electron chi connectivity index (χ1n) is 5.06. The van der Waals surface area contributed by atoms with E-state index in [9.17, 15) is 9.18 Å². The number of carbonyl (C=O) groups excluding carboxylic acids is 1. The fourth-order valence-corrected chi connectivity index (χ4v) is 2.18. The van der Waals surface area contributed by atoms with Crippen LogP contribution >= 0.6 is 11.8 Å². The number of rotatable bonds is 6. The molecule has 0 atom stereocenters. The van der Waals surface area contributed by atoms with E-state index in [0.29, 0.717) is 6.42 Å². The van der Waals surface area contributed by atoms with E-state index >= 15 is 0 Å². The summed E-state index contributed by atoms with van der Waals surface area (Å²) in [6, 6.07) is 6.60. The second-order valence-electron chi connectivity index (χ2n) is 3.46. The van der Waals surface area contributed by atoms with Crippen LogP contribution in [0, 0.1) is 5.82 Å². The summed E-state index contributed by atoms with van der Waals surface area (Å²) < 4.78 is 12.8. The Balaban J connectivity index is 2.17. The summed E-state index contributed by atoms with van der Waals surface area (Å²) in [4.78, 5) is 11.6. The maximum Gasteiger partial charge on any atom is 0.129 e. The number of unbranched alkanes of at least 4 members (excludes halogenated alkanes) is 1. The highest BCUT2D eigenvalue weighted by atomic mass is 32.2. The molecule has 0 saturated carbocycles. The Morgan fingerprint density at radius 3 is 2.87 bits per heavy atom. The number of benzene rings is 1. The van der Waals surface area contributed by atoms with E-state index in [4.69, 9.17) is 0 Å². The Morgan fingerprint density at radius 1 is 1.40 bits per heavy atom. The Kier molecular flexibility index (Phi) is 5.40. The molecular weight excluding hydrogens is 211 g/mol. The van der Waals surface area contributed by atoms with Crippen LogP contribution in [0.4, 0.5) is 4.39 Å². The van der Waals surface area contributed by atoms with Crippen molar-refractivity contribution < 1.29 is 9.18 Å². The van der Waals surface area contributed by atoms with Gasteiger partial charge in [0, 0.05) is 11.3 Å². The third kappa shape index (κ3) is 5.57. The molecule has 0 aliphatic heterocycles. The van der Waals surface area contributed by atoms with Gasteiger partial charge in [0.25, 0.3) is 0 Å². The first-order valence-corrected chi connectivity index (χ1v) is 6.05. The van der Waals surface area contributed by atoms with Gasteiger partial charge in [-0.3, -0.25) is 0 Å². The second-order valence-corrected chi connectivity index (χ2v) is 4.63. The van der Waals surface area contributed by atoms with Gasteiger partial charge >= 0.3 is 0 Å². The van der Waals surface area contributed by atoms with Gasteiger partial charge in [0.15, 0.2) is 0 Å². The van der Waals surface area contributed by atoms with Gasteiger partial charge < -0.3 is 4.79 Å². The van der Waals surface area contributed by atoms with Gasteiger partial charge in [0.2, 0.25) is 0 Å². The topological polar surface area (TPSA) is 17.1 Å². The lowest BCUT2D eigenvalue weighted by molar-refractivity contribution is -0.117. The van der Waals surface area contributed by atoms with Crippen molar-refractivity contribution in [3.63, 3.8) is 0 Å². The third-order valence-electron chi connectivity index (χ3n) is 1.99. The first-order chi connectivity index (χ1) is 7.18. The first kappa shape index (κ1) is 12.2. The summed E-state index contributed by atoms with van der Waals surface area (Å²) in [5.74, 6) is 0.992. The maximum atomic E-state index is 12.8. The molecule has 0 amide bonds. The molecule has 0 aromatic heterocycles. The summed E-state index contributed by atoms with van der Waals surface area (Å²) >= 11 is 1.63. The van der Waals surface area contributed by atoms with Crippen molar-refractivity contribution in [3.8, 4) is 0 Å². The van der Waals surface area contributed by atoms with Crippen molar-refractivity contribution in [2.45, 2.75) is 31.1 Å². The minimum Gasteiger partial charge on any atom is -0.300 e. The lowest BCUT2D eigenvalue weighted by Crippen LogP contribution is -1.90. The molecule has 0 fully saturated rings. The molecule has 0 spiro atoms. The quantitative estimate of drug-likeness (QED) is 0.543. The number of carbonyl (C=O) groups is 1. The minimum atomic E-state index is -0.191. The molecule has 0 N–H and O–H groups in total. The smallest absolute Gasteiger partial charge is 0.129 e. The molecule has 3 heteroatoms. The Bertz CT molecular complexity index is 325. The highest BCUT2D eigenvalue weighted by Gasteiger charge is 1.97. The van der Waals surface area contributed by atoms with Gasteiger partial charge in [-0.05, 0) is 43.7 Å². The highest BCUT2D eigenvalue weighted by Crippen LogP contribution is 2.20. The number of hydrogen-bond donors (Lipinski definition) is 0. The molecule has 82 valence electrons. The number of halogens is 1. The Hall–Kier alpha value is -0.830. The molecular formula is C12H15FOS. The zero-order valence-corrected chi connectivity index (χ0v) is 9.65. The molecule has 0 aliphatic rings. The highest BCUT2D eigenvalue weighted by molar-refractivity contribution is 7.99. The molecule has 0 heterocycles. The fourth-order valence-electron chi connectivity index (χ4n) is 1.22. The largest absolute Gasteiger partial charge is 0.300 e. The van der Waals surface area contributed by atoms with Crippen LogP contribution in [0.25, 0.3) is 0 Å². The molecule has 1 aromatic carbocycles. The molecule has 0 radical (unpaired) electrons. The van der Waals surface area contributed by atoms with Gasteiger partial charge in [0.05, 0.1) is 0 Å². The molecule has 0 unspecified atom stereocenters. The van der Waals surface area contributed by atoms with E-state index in [1.807, 2.05) is 6.07 Å². The van der Waals surface area contributed by atoms with E-state index in [1.54, 1.807) is 24.8 Å². The Labute approximate surface area is 94.1 Å². The van der Waals surface area contributed by atoms with Gasteiger partial charge in [0.1, 0.15) is 11.6 Å². The van der Waals surface area contributed by atoms with Gasteiger partial charge in [-0.15, -0.1) is 11.8 Å². The van der Waals surface area contributed by atoms with E-state index in [1.165, 1.54) is 12.1 Å². The second kappa shape index (κ2) is 6.62.